The van der Waals surface area contributed by atoms with E-state index in [0.29, 0.717) is 17.9 Å². The van der Waals surface area contributed by atoms with Crippen LogP contribution in [0.3, 0.4) is 0 Å². The maximum absolute atomic E-state index is 12.8. The average Bonchev–Trinajstić information content (AvgIpc) is 3.17. The minimum Gasteiger partial charge on any atom is -0.493 e. The number of aryl methyl sites for hydroxylation is 1. The van der Waals surface area contributed by atoms with Crippen LogP contribution in [0.4, 0.5) is 0 Å². The molecule has 1 aliphatic heterocycles. The van der Waals surface area contributed by atoms with Gasteiger partial charge in [-0.25, -0.2) is 5.01 Å². The summed E-state index contributed by atoms with van der Waals surface area (Å²) in [6, 6.07) is 13.0. The number of rotatable bonds is 7. The van der Waals surface area contributed by atoms with Gasteiger partial charge in [0.15, 0.2) is 11.5 Å². The van der Waals surface area contributed by atoms with Gasteiger partial charge in [-0.2, -0.15) is 5.10 Å². The minimum absolute atomic E-state index is 0.122. The van der Waals surface area contributed by atoms with Crippen molar-refractivity contribution in [3.63, 3.8) is 0 Å². The lowest BCUT2D eigenvalue weighted by Crippen LogP contribution is -2.27. The number of hydrogen-bond donors (Lipinski definition) is 1. The van der Waals surface area contributed by atoms with Gasteiger partial charge in [-0.1, -0.05) is 42.0 Å². The third-order valence-electron chi connectivity index (χ3n) is 4.90. The van der Waals surface area contributed by atoms with E-state index in [9.17, 15) is 9.59 Å². The number of carbonyl (C=O) groups excluding carboxylic acids is 1. The van der Waals surface area contributed by atoms with Crippen LogP contribution in [-0.2, 0) is 9.59 Å². The molecule has 1 atom stereocenters. The summed E-state index contributed by atoms with van der Waals surface area (Å²) in [5.41, 5.74) is 3.59. The fraction of sp³-hybridized carbons (Fsp3) is 0.318. The number of carboxylic acid groups (broad SMARTS) is 1. The summed E-state index contributed by atoms with van der Waals surface area (Å²) in [4.78, 5) is 23.7. The molecule has 0 spiro atoms. The van der Waals surface area contributed by atoms with Gasteiger partial charge in [0.25, 0.3) is 0 Å². The zero-order valence-corrected chi connectivity index (χ0v) is 16.7. The predicted octanol–water partition coefficient (Wildman–Crippen LogP) is 3.55. The molecular weight excluding hydrogens is 372 g/mol. The number of hydrazone groups is 1. The zero-order valence-electron chi connectivity index (χ0n) is 16.7. The Morgan fingerprint density at radius 2 is 1.83 bits per heavy atom. The summed E-state index contributed by atoms with van der Waals surface area (Å²) in [6.45, 7) is 2.01. The van der Waals surface area contributed by atoms with Crippen molar-refractivity contribution >= 4 is 17.6 Å². The molecule has 0 aliphatic carbocycles. The number of hydrogen-bond acceptors (Lipinski definition) is 5. The van der Waals surface area contributed by atoms with E-state index in [1.54, 1.807) is 20.3 Å². The van der Waals surface area contributed by atoms with Gasteiger partial charge in [0.2, 0.25) is 5.91 Å². The third-order valence-corrected chi connectivity index (χ3v) is 4.90. The minimum atomic E-state index is -1.02. The van der Waals surface area contributed by atoms with E-state index < -0.39 is 12.0 Å². The molecule has 0 saturated carbocycles. The highest BCUT2D eigenvalue weighted by atomic mass is 16.5. The SMILES string of the molecule is COc1cccc([C@@H]2CC(c3ccc(C)cc3)=NN2C(=O)CCC(=O)O)c1OC. The van der Waals surface area contributed by atoms with Crippen LogP contribution in [0, 0.1) is 6.92 Å². The molecule has 0 saturated heterocycles. The normalized spacial score (nSPS) is 15.8. The number of carboxylic acids is 1. The highest BCUT2D eigenvalue weighted by Crippen LogP contribution is 2.41. The second-order valence-corrected chi connectivity index (χ2v) is 6.85. The first-order valence-corrected chi connectivity index (χ1v) is 9.33. The Hall–Kier alpha value is -3.35. The number of amides is 1. The lowest BCUT2D eigenvalue weighted by Gasteiger charge is -2.24. The number of para-hydroxylation sites is 1. The Bertz CT molecular complexity index is 937. The molecule has 7 heteroatoms. The van der Waals surface area contributed by atoms with Crippen LogP contribution in [0.2, 0.25) is 0 Å². The molecule has 0 aromatic heterocycles. The van der Waals surface area contributed by atoms with Gasteiger partial charge in [-0.15, -0.1) is 0 Å². The molecule has 1 heterocycles. The van der Waals surface area contributed by atoms with E-state index >= 15 is 0 Å². The van der Waals surface area contributed by atoms with E-state index in [4.69, 9.17) is 14.6 Å². The molecule has 2 aromatic rings. The van der Waals surface area contributed by atoms with Gasteiger partial charge in [-0.05, 0) is 18.6 Å². The topological polar surface area (TPSA) is 88.4 Å². The Kier molecular flexibility index (Phi) is 6.16. The molecule has 0 unspecified atom stereocenters. The van der Waals surface area contributed by atoms with Gasteiger partial charge in [0.05, 0.1) is 32.4 Å². The summed E-state index contributed by atoms with van der Waals surface area (Å²) in [6.07, 6.45) is 0.126. The summed E-state index contributed by atoms with van der Waals surface area (Å²) in [7, 11) is 3.11. The summed E-state index contributed by atoms with van der Waals surface area (Å²) in [5.74, 6) is -0.261. The van der Waals surface area contributed by atoms with E-state index in [1.807, 2.05) is 43.3 Å². The van der Waals surface area contributed by atoms with E-state index in [1.165, 1.54) is 5.01 Å². The van der Waals surface area contributed by atoms with Crippen LogP contribution in [-0.4, -0.2) is 41.9 Å². The molecule has 152 valence electrons. The first kappa shape index (κ1) is 20.4. The number of methoxy groups -OCH3 is 2. The summed E-state index contributed by atoms with van der Waals surface area (Å²) < 4.78 is 10.9. The van der Waals surface area contributed by atoms with Crippen LogP contribution in [0.1, 0.15) is 42.0 Å². The van der Waals surface area contributed by atoms with E-state index in [-0.39, 0.29) is 18.7 Å². The highest BCUT2D eigenvalue weighted by Gasteiger charge is 2.35. The molecule has 1 aliphatic rings. The number of nitrogens with zero attached hydrogens (tertiary/aromatic N) is 2. The average molecular weight is 396 g/mol. The fourth-order valence-corrected chi connectivity index (χ4v) is 3.41. The molecule has 1 N–H and O–H groups in total. The predicted molar refractivity (Wildman–Crippen MR) is 108 cm³/mol. The Morgan fingerprint density at radius 3 is 2.45 bits per heavy atom. The second-order valence-electron chi connectivity index (χ2n) is 6.85. The van der Waals surface area contributed by atoms with Crippen molar-refractivity contribution in [1.82, 2.24) is 5.01 Å². The standard InChI is InChI=1S/C22H24N2O5/c1-14-7-9-15(10-8-14)17-13-18(24(23-17)20(25)11-12-21(26)27)16-5-4-6-19(28-2)22(16)29-3/h4-10,18H,11-13H2,1-3H3,(H,26,27)/t18-/m0/s1. The quantitative estimate of drug-likeness (QED) is 0.773. The Morgan fingerprint density at radius 1 is 1.10 bits per heavy atom. The fourth-order valence-electron chi connectivity index (χ4n) is 3.41. The van der Waals surface area contributed by atoms with Crippen molar-refractivity contribution in [2.45, 2.75) is 32.2 Å². The van der Waals surface area contributed by atoms with Crippen LogP contribution in [0.25, 0.3) is 0 Å². The van der Waals surface area contributed by atoms with E-state index in [2.05, 4.69) is 5.10 Å². The smallest absolute Gasteiger partial charge is 0.303 e. The molecule has 3 rings (SSSR count). The lowest BCUT2D eigenvalue weighted by atomic mass is 9.96. The highest BCUT2D eigenvalue weighted by molar-refractivity contribution is 6.03. The van der Waals surface area contributed by atoms with Crippen LogP contribution >= 0.6 is 0 Å². The van der Waals surface area contributed by atoms with Crippen molar-refractivity contribution in [1.29, 1.82) is 0 Å². The second kappa shape index (κ2) is 8.77. The molecule has 0 fully saturated rings. The van der Waals surface area contributed by atoms with Crippen molar-refractivity contribution in [3.8, 4) is 11.5 Å². The van der Waals surface area contributed by atoms with Crippen molar-refractivity contribution in [3.05, 3.63) is 59.2 Å². The first-order chi connectivity index (χ1) is 13.9. The zero-order chi connectivity index (χ0) is 21.0. The number of benzene rings is 2. The number of ether oxygens (including phenoxy) is 2. The van der Waals surface area contributed by atoms with Crippen molar-refractivity contribution in [2.75, 3.05) is 14.2 Å². The van der Waals surface area contributed by atoms with Gasteiger partial charge in [-0.3, -0.25) is 9.59 Å². The third kappa shape index (κ3) is 4.39. The van der Waals surface area contributed by atoms with Crippen molar-refractivity contribution < 1.29 is 24.2 Å². The van der Waals surface area contributed by atoms with Crippen LogP contribution < -0.4 is 9.47 Å². The molecule has 1 amide bonds. The largest absolute Gasteiger partial charge is 0.493 e. The van der Waals surface area contributed by atoms with E-state index in [0.717, 1.165) is 22.4 Å². The number of aliphatic carboxylic acids is 1. The summed E-state index contributed by atoms with van der Waals surface area (Å²) >= 11 is 0. The van der Waals surface area contributed by atoms with Gasteiger partial charge in [0, 0.05) is 18.4 Å². The van der Waals surface area contributed by atoms with Crippen molar-refractivity contribution in [2.24, 2.45) is 5.10 Å². The molecule has 0 radical (unpaired) electrons. The van der Waals surface area contributed by atoms with Crippen LogP contribution in [0.5, 0.6) is 11.5 Å². The summed E-state index contributed by atoms with van der Waals surface area (Å²) in [5, 5.41) is 14.9. The Balaban J connectivity index is 1.99. The molecule has 0 bridgehead atoms. The van der Waals surface area contributed by atoms with Crippen LogP contribution in [0.15, 0.2) is 47.6 Å². The maximum atomic E-state index is 12.8. The Labute approximate surface area is 169 Å². The molecule has 29 heavy (non-hydrogen) atoms. The molecule has 7 nitrogen and oxygen atoms in total. The lowest BCUT2D eigenvalue weighted by molar-refractivity contribution is -0.141. The molecular formula is C22H24N2O5. The van der Waals surface area contributed by atoms with Gasteiger partial charge >= 0.3 is 5.97 Å². The monoisotopic (exact) mass is 396 g/mol. The first-order valence-electron chi connectivity index (χ1n) is 9.33. The van der Waals surface area contributed by atoms with Gasteiger partial charge in [0.1, 0.15) is 0 Å². The number of carbonyl (C=O) groups is 2. The molecule has 2 aromatic carbocycles. The maximum Gasteiger partial charge on any atom is 0.303 e. The van der Waals surface area contributed by atoms with Gasteiger partial charge < -0.3 is 14.6 Å².